The summed E-state index contributed by atoms with van der Waals surface area (Å²) in [6.07, 6.45) is 6.84. The Morgan fingerprint density at radius 3 is 2.89 bits per heavy atom. The summed E-state index contributed by atoms with van der Waals surface area (Å²) in [5, 5.41) is 11.8. The molecule has 3 nitrogen and oxygen atoms in total. The zero-order valence-corrected chi connectivity index (χ0v) is 11.6. The first kappa shape index (κ1) is 13.8. The molecule has 1 atom stereocenters. The zero-order chi connectivity index (χ0) is 12.8. The molecule has 0 saturated heterocycles. The topological polar surface area (TPSA) is 55.5 Å². The molecule has 0 radical (unpaired) electrons. The van der Waals surface area contributed by atoms with E-state index in [1.54, 1.807) is 11.3 Å². The molecule has 0 amide bonds. The Morgan fingerprint density at radius 1 is 1.39 bits per heavy atom. The number of thiophene rings is 1. The highest BCUT2D eigenvalue weighted by Gasteiger charge is 2.15. The SMILES string of the molecule is NCCC(O)c1cc(OCC2CCCCC2)cs1. The monoisotopic (exact) mass is 269 g/mol. The van der Waals surface area contributed by atoms with E-state index in [1.165, 1.54) is 32.1 Å². The van der Waals surface area contributed by atoms with Gasteiger partial charge in [-0.3, -0.25) is 0 Å². The van der Waals surface area contributed by atoms with Crippen LogP contribution >= 0.6 is 11.3 Å². The third-order valence-corrected chi connectivity index (χ3v) is 4.59. The van der Waals surface area contributed by atoms with Gasteiger partial charge in [0.25, 0.3) is 0 Å². The van der Waals surface area contributed by atoms with Crippen LogP contribution in [0.3, 0.4) is 0 Å². The van der Waals surface area contributed by atoms with Gasteiger partial charge in [0.1, 0.15) is 5.75 Å². The Kier molecular flexibility index (Phi) is 5.47. The van der Waals surface area contributed by atoms with Gasteiger partial charge in [0, 0.05) is 10.3 Å². The van der Waals surface area contributed by atoms with Gasteiger partial charge in [-0.2, -0.15) is 0 Å². The molecule has 18 heavy (non-hydrogen) atoms. The second-order valence-electron chi connectivity index (χ2n) is 5.09. The molecule has 4 heteroatoms. The van der Waals surface area contributed by atoms with Gasteiger partial charge in [-0.15, -0.1) is 11.3 Å². The second-order valence-corrected chi connectivity index (χ2v) is 6.04. The van der Waals surface area contributed by atoms with Crippen molar-refractivity contribution in [1.82, 2.24) is 0 Å². The molecule has 1 fully saturated rings. The minimum atomic E-state index is -0.438. The first-order valence-electron chi connectivity index (χ1n) is 6.89. The maximum Gasteiger partial charge on any atom is 0.130 e. The van der Waals surface area contributed by atoms with Crippen molar-refractivity contribution >= 4 is 11.3 Å². The lowest BCUT2D eigenvalue weighted by atomic mass is 9.90. The van der Waals surface area contributed by atoms with Crippen LogP contribution in [0.25, 0.3) is 0 Å². The van der Waals surface area contributed by atoms with Crippen molar-refractivity contribution in [2.75, 3.05) is 13.2 Å². The van der Waals surface area contributed by atoms with Crippen LogP contribution < -0.4 is 10.5 Å². The fraction of sp³-hybridized carbons (Fsp3) is 0.714. The number of aliphatic hydroxyl groups excluding tert-OH is 1. The molecular formula is C14H23NO2S. The van der Waals surface area contributed by atoms with Crippen molar-refractivity contribution in [3.63, 3.8) is 0 Å². The number of hydrogen-bond acceptors (Lipinski definition) is 4. The third-order valence-electron chi connectivity index (χ3n) is 3.57. The zero-order valence-electron chi connectivity index (χ0n) is 10.8. The second kappa shape index (κ2) is 7.12. The molecule has 1 saturated carbocycles. The van der Waals surface area contributed by atoms with Gasteiger partial charge in [-0.1, -0.05) is 19.3 Å². The largest absolute Gasteiger partial charge is 0.492 e. The molecule has 0 bridgehead atoms. The fourth-order valence-corrected chi connectivity index (χ4v) is 3.30. The van der Waals surface area contributed by atoms with E-state index >= 15 is 0 Å². The Hall–Kier alpha value is -0.580. The molecule has 1 aromatic heterocycles. The number of ether oxygens (including phenoxy) is 1. The van der Waals surface area contributed by atoms with Crippen LogP contribution in [0.4, 0.5) is 0 Å². The normalized spacial score (nSPS) is 18.8. The molecule has 0 spiro atoms. The minimum absolute atomic E-state index is 0.438. The summed E-state index contributed by atoms with van der Waals surface area (Å²) >= 11 is 1.55. The lowest BCUT2D eigenvalue weighted by molar-refractivity contribution is 0.173. The lowest BCUT2D eigenvalue weighted by Crippen LogP contribution is -2.15. The number of nitrogens with two attached hydrogens (primary N) is 1. The summed E-state index contributed by atoms with van der Waals surface area (Å²) in [5.74, 6) is 1.62. The highest BCUT2D eigenvalue weighted by Crippen LogP contribution is 2.30. The van der Waals surface area contributed by atoms with Gasteiger partial charge in [0.2, 0.25) is 0 Å². The third kappa shape index (κ3) is 3.97. The van der Waals surface area contributed by atoms with E-state index in [-0.39, 0.29) is 0 Å². The van der Waals surface area contributed by atoms with E-state index < -0.39 is 6.10 Å². The number of rotatable bonds is 6. The molecule has 2 rings (SSSR count). The highest BCUT2D eigenvalue weighted by molar-refractivity contribution is 7.10. The smallest absolute Gasteiger partial charge is 0.130 e. The van der Waals surface area contributed by atoms with Crippen LogP contribution in [0.1, 0.15) is 49.5 Å². The van der Waals surface area contributed by atoms with E-state index in [0.717, 1.165) is 23.2 Å². The van der Waals surface area contributed by atoms with Gasteiger partial charge >= 0.3 is 0 Å². The summed E-state index contributed by atoms with van der Waals surface area (Å²) in [5.41, 5.74) is 5.44. The molecule has 1 unspecified atom stereocenters. The predicted octanol–water partition coefficient (Wildman–Crippen LogP) is 3.09. The van der Waals surface area contributed by atoms with E-state index in [4.69, 9.17) is 10.5 Å². The summed E-state index contributed by atoms with van der Waals surface area (Å²) in [6, 6.07) is 1.95. The van der Waals surface area contributed by atoms with Gasteiger partial charge in [0.05, 0.1) is 12.7 Å². The molecule has 0 aromatic carbocycles. The Balaban J connectivity index is 1.79. The van der Waals surface area contributed by atoms with Crippen molar-refractivity contribution in [3.05, 3.63) is 16.3 Å². The maximum absolute atomic E-state index is 9.83. The van der Waals surface area contributed by atoms with Crippen molar-refractivity contribution in [2.45, 2.75) is 44.6 Å². The Bertz CT molecular complexity index is 347. The van der Waals surface area contributed by atoms with Crippen LogP contribution in [-0.4, -0.2) is 18.3 Å². The molecule has 0 aliphatic heterocycles. The van der Waals surface area contributed by atoms with E-state index in [9.17, 15) is 5.11 Å². The Labute approximate surface area is 113 Å². The summed E-state index contributed by atoms with van der Waals surface area (Å²) in [7, 11) is 0. The van der Waals surface area contributed by atoms with Gasteiger partial charge < -0.3 is 15.6 Å². The number of hydrogen-bond donors (Lipinski definition) is 2. The molecule has 1 heterocycles. The van der Waals surface area contributed by atoms with Crippen LogP contribution in [0.2, 0.25) is 0 Å². The average molecular weight is 269 g/mol. The number of aliphatic hydroxyl groups is 1. The van der Waals surface area contributed by atoms with E-state index in [2.05, 4.69) is 0 Å². The van der Waals surface area contributed by atoms with Gasteiger partial charge in [0.15, 0.2) is 0 Å². The van der Waals surface area contributed by atoms with Crippen LogP contribution in [0.5, 0.6) is 5.75 Å². The first-order valence-corrected chi connectivity index (χ1v) is 7.77. The predicted molar refractivity (Wildman–Crippen MR) is 75.0 cm³/mol. The summed E-state index contributed by atoms with van der Waals surface area (Å²) in [4.78, 5) is 0.957. The fourth-order valence-electron chi connectivity index (χ4n) is 2.45. The minimum Gasteiger partial charge on any atom is -0.492 e. The van der Waals surface area contributed by atoms with E-state index in [0.29, 0.717) is 13.0 Å². The van der Waals surface area contributed by atoms with Gasteiger partial charge in [-0.05, 0) is 37.8 Å². The summed E-state index contributed by atoms with van der Waals surface area (Å²) < 4.78 is 5.82. The summed E-state index contributed by atoms with van der Waals surface area (Å²) in [6.45, 7) is 1.33. The molecule has 1 aliphatic carbocycles. The molecule has 1 aliphatic rings. The van der Waals surface area contributed by atoms with Crippen LogP contribution in [0.15, 0.2) is 11.4 Å². The standard InChI is InChI=1S/C14H23NO2S/c15-7-6-13(16)14-8-12(10-18-14)17-9-11-4-2-1-3-5-11/h8,10-11,13,16H,1-7,9,15H2. The van der Waals surface area contributed by atoms with Gasteiger partial charge in [-0.25, -0.2) is 0 Å². The molecular weight excluding hydrogens is 246 g/mol. The Morgan fingerprint density at radius 2 is 2.17 bits per heavy atom. The quantitative estimate of drug-likeness (QED) is 0.834. The lowest BCUT2D eigenvalue weighted by Gasteiger charge is -2.21. The average Bonchev–Trinajstić information content (AvgIpc) is 2.87. The van der Waals surface area contributed by atoms with Crippen LogP contribution in [-0.2, 0) is 0 Å². The van der Waals surface area contributed by atoms with E-state index in [1.807, 2.05) is 11.4 Å². The van der Waals surface area contributed by atoms with Crippen LogP contribution in [0, 0.1) is 5.92 Å². The van der Waals surface area contributed by atoms with Crippen molar-refractivity contribution < 1.29 is 9.84 Å². The van der Waals surface area contributed by atoms with Crippen molar-refractivity contribution in [3.8, 4) is 5.75 Å². The van der Waals surface area contributed by atoms with Crippen molar-refractivity contribution in [2.24, 2.45) is 11.7 Å². The van der Waals surface area contributed by atoms with Crippen molar-refractivity contribution in [1.29, 1.82) is 0 Å². The molecule has 102 valence electrons. The molecule has 3 N–H and O–H groups in total. The maximum atomic E-state index is 9.83. The molecule has 1 aromatic rings. The first-order chi connectivity index (χ1) is 8.79. The highest BCUT2D eigenvalue weighted by atomic mass is 32.1.